The van der Waals surface area contributed by atoms with Crippen LogP contribution in [-0.4, -0.2) is 16.7 Å². The summed E-state index contributed by atoms with van der Waals surface area (Å²) in [7, 11) is -6.41. The average Bonchev–Trinajstić information content (AvgIpc) is 2.79. The van der Waals surface area contributed by atoms with E-state index in [4.69, 9.17) is 16.0 Å². The minimum atomic E-state index is -4.30. The van der Waals surface area contributed by atoms with Crippen LogP contribution in [0.25, 0.3) is 0 Å². The lowest BCUT2D eigenvalue weighted by Gasteiger charge is -2.37. The summed E-state index contributed by atoms with van der Waals surface area (Å²) in [6, 6.07) is 14.8. The van der Waals surface area contributed by atoms with Gasteiger partial charge in [0.1, 0.15) is 11.6 Å². The summed E-state index contributed by atoms with van der Waals surface area (Å²) in [5.41, 5.74) is 1.04. The van der Waals surface area contributed by atoms with Gasteiger partial charge in [0, 0.05) is 11.1 Å². The van der Waals surface area contributed by atoms with Crippen LogP contribution in [0.2, 0.25) is 23.2 Å². The lowest BCUT2D eigenvalue weighted by Crippen LogP contribution is -2.40. The summed E-state index contributed by atoms with van der Waals surface area (Å²) in [6.45, 7) is 12.6. The van der Waals surface area contributed by atoms with E-state index in [1.54, 1.807) is 19.1 Å². The normalized spacial score (nSPS) is 13.5. The van der Waals surface area contributed by atoms with Crippen molar-refractivity contribution in [2.24, 2.45) is 0 Å². The largest absolute Gasteiger partial charge is 0.413 e. The number of benzene rings is 3. The highest BCUT2D eigenvalue weighted by Gasteiger charge is 2.38. The van der Waals surface area contributed by atoms with Gasteiger partial charge in [-0.2, -0.15) is 0 Å². The molecule has 0 amide bonds. The Kier molecular flexibility index (Phi) is 8.35. The van der Waals surface area contributed by atoms with Crippen LogP contribution in [0, 0.1) is 11.6 Å². The van der Waals surface area contributed by atoms with Gasteiger partial charge in [-0.1, -0.05) is 56.6 Å². The molecule has 1 unspecified atom stereocenters. The molecule has 3 rings (SSSR count). The van der Waals surface area contributed by atoms with Gasteiger partial charge >= 0.3 is 0 Å². The van der Waals surface area contributed by atoms with E-state index in [9.17, 15) is 12.8 Å². The van der Waals surface area contributed by atoms with Crippen molar-refractivity contribution in [2.75, 3.05) is 4.31 Å². The van der Waals surface area contributed by atoms with E-state index in [2.05, 4.69) is 33.9 Å². The molecule has 3 aromatic carbocycles. The lowest BCUT2D eigenvalue weighted by atomic mass is 10.0. The van der Waals surface area contributed by atoms with Crippen molar-refractivity contribution < 1.29 is 21.6 Å². The molecular formula is C27H32ClF2NO3SSi. The summed E-state index contributed by atoms with van der Waals surface area (Å²) >= 11 is 5.96. The van der Waals surface area contributed by atoms with Crippen LogP contribution in [0.15, 0.2) is 71.6 Å². The Hall–Kier alpha value is -2.26. The number of halogens is 3. The lowest BCUT2D eigenvalue weighted by molar-refractivity contribution is 0.275. The molecule has 0 aromatic heterocycles. The second-order valence-corrected chi connectivity index (χ2v) is 17.3. The zero-order chi connectivity index (χ0) is 26.9. The number of hydrogen-bond donors (Lipinski definition) is 0. The van der Waals surface area contributed by atoms with E-state index in [0.29, 0.717) is 10.6 Å². The first kappa shape index (κ1) is 28.3. The molecular weight excluding hydrogens is 520 g/mol. The first-order chi connectivity index (χ1) is 16.6. The molecule has 0 saturated carbocycles. The summed E-state index contributed by atoms with van der Waals surface area (Å²) in [5, 5.41) is 0.348. The first-order valence-electron chi connectivity index (χ1n) is 11.6. The SMILES string of the molecule is CC(c1ccccc1CO[Si](C)(C)C(C)(C)C)N(c1cc(F)ccc1F)S(=O)(=O)c1ccc(Cl)cc1. The minimum Gasteiger partial charge on any atom is -0.413 e. The molecule has 1 atom stereocenters. The Bertz CT molecular complexity index is 1330. The van der Waals surface area contributed by atoms with Gasteiger partial charge in [-0.3, -0.25) is 4.31 Å². The van der Waals surface area contributed by atoms with Crippen LogP contribution in [0.3, 0.4) is 0 Å². The molecule has 194 valence electrons. The Balaban J connectivity index is 2.13. The molecule has 0 spiro atoms. The van der Waals surface area contributed by atoms with Crippen LogP contribution in [0.4, 0.5) is 14.5 Å². The van der Waals surface area contributed by atoms with Gasteiger partial charge in [-0.05, 0) is 72.6 Å². The first-order valence-corrected chi connectivity index (χ1v) is 16.3. The predicted molar refractivity (Wildman–Crippen MR) is 144 cm³/mol. The molecule has 36 heavy (non-hydrogen) atoms. The van der Waals surface area contributed by atoms with Crippen molar-refractivity contribution >= 4 is 35.6 Å². The monoisotopic (exact) mass is 551 g/mol. The number of hydrogen-bond acceptors (Lipinski definition) is 3. The van der Waals surface area contributed by atoms with Crippen LogP contribution in [0.1, 0.15) is 44.9 Å². The Morgan fingerprint density at radius 3 is 2.22 bits per heavy atom. The molecule has 0 N–H and O–H groups in total. The fraction of sp³-hybridized carbons (Fsp3) is 0.333. The smallest absolute Gasteiger partial charge is 0.264 e. The fourth-order valence-electron chi connectivity index (χ4n) is 3.60. The van der Waals surface area contributed by atoms with E-state index in [1.807, 2.05) is 12.1 Å². The highest BCUT2D eigenvalue weighted by atomic mass is 35.5. The van der Waals surface area contributed by atoms with Gasteiger partial charge in [0.25, 0.3) is 10.0 Å². The van der Waals surface area contributed by atoms with Crippen molar-refractivity contribution in [1.82, 2.24) is 0 Å². The quantitative estimate of drug-likeness (QED) is 0.266. The van der Waals surface area contributed by atoms with Crippen LogP contribution in [-0.2, 0) is 21.1 Å². The van der Waals surface area contributed by atoms with E-state index >= 15 is 4.39 Å². The van der Waals surface area contributed by atoms with E-state index in [1.165, 1.54) is 24.3 Å². The van der Waals surface area contributed by atoms with Gasteiger partial charge in [0.2, 0.25) is 0 Å². The molecule has 9 heteroatoms. The molecule has 0 radical (unpaired) electrons. The summed E-state index contributed by atoms with van der Waals surface area (Å²) < 4.78 is 64.3. The standard InChI is InChI=1S/C27H32ClF2NO3SSi/c1-19(24-10-8-7-9-20(24)18-34-36(5,6)27(2,3)4)31(26-17-22(29)13-16-25(26)30)35(32,33)23-14-11-21(28)12-15-23/h7-17,19H,18H2,1-6H3. The van der Waals surface area contributed by atoms with Crippen LogP contribution in [0.5, 0.6) is 0 Å². The zero-order valence-electron chi connectivity index (χ0n) is 21.3. The maximum Gasteiger partial charge on any atom is 0.264 e. The third-order valence-electron chi connectivity index (χ3n) is 6.77. The van der Waals surface area contributed by atoms with Crippen molar-refractivity contribution in [3.8, 4) is 0 Å². The molecule has 0 fully saturated rings. The van der Waals surface area contributed by atoms with Crippen molar-refractivity contribution in [1.29, 1.82) is 0 Å². The number of rotatable bonds is 8. The molecule has 0 bridgehead atoms. The number of anilines is 1. The molecule has 4 nitrogen and oxygen atoms in total. The van der Waals surface area contributed by atoms with Crippen molar-refractivity contribution in [2.45, 2.75) is 63.4 Å². The maximum atomic E-state index is 15.0. The molecule has 0 aliphatic heterocycles. The molecule has 0 saturated heterocycles. The summed E-state index contributed by atoms with van der Waals surface area (Å²) in [5.74, 6) is -1.60. The van der Waals surface area contributed by atoms with Gasteiger partial charge in [-0.15, -0.1) is 0 Å². The second-order valence-electron chi connectivity index (χ2n) is 10.3. The second kappa shape index (κ2) is 10.6. The molecule has 0 aliphatic rings. The maximum absolute atomic E-state index is 15.0. The molecule has 0 aliphatic carbocycles. The Labute approximate surface area is 219 Å². The highest BCUT2D eigenvalue weighted by molar-refractivity contribution is 7.92. The Morgan fingerprint density at radius 1 is 1.00 bits per heavy atom. The van der Waals surface area contributed by atoms with Gasteiger partial charge in [0.05, 0.1) is 23.2 Å². The minimum absolute atomic E-state index is 0.0117. The predicted octanol–water partition coefficient (Wildman–Crippen LogP) is 8.10. The van der Waals surface area contributed by atoms with Crippen LogP contribution >= 0.6 is 11.6 Å². The highest BCUT2D eigenvalue weighted by Crippen LogP contribution is 2.39. The van der Waals surface area contributed by atoms with Gasteiger partial charge in [-0.25, -0.2) is 17.2 Å². The van der Waals surface area contributed by atoms with Crippen molar-refractivity contribution in [3.05, 3.63) is 94.5 Å². The zero-order valence-corrected chi connectivity index (χ0v) is 23.9. The van der Waals surface area contributed by atoms with E-state index in [0.717, 1.165) is 28.1 Å². The van der Waals surface area contributed by atoms with E-state index in [-0.39, 0.29) is 22.2 Å². The molecule has 3 aromatic rings. The van der Waals surface area contributed by atoms with Crippen molar-refractivity contribution in [3.63, 3.8) is 0 Å². The number of sulfonamides is 1. The average molecular weight is 552 g/mol. The summed E-state index contributed by atoms with van der Waals surface area (Å²) in [4.78, 5) is -0.0857. The third kappa shape index (κ3) is 5.99. The van der Waals surface area contributed by atoms with E-state index < -0.39 is 36.0 Å². The third-order valence-corrected chi connectivity index (χ3v) is 13.4. The molecule has 0 heterocycles. The van der Waals surface area contributed by atoms with Crippen LogP contribution < -0.4 is 4.31 Å². The Morgan fingerprint density at radius 2 is 1.61 bits per heavy atom. The summed E-state index contributed by atoms with van der Waals surface area (Å²) in [6.07, 6.45) is 0. The van der Waals surface area contributed by atoms with Gasteiger partial charge in [0.15, 0.2) is 8.32 Å². The fourth-order valence-corrected chi connectivity index (χ4v) is 6.31. The van der Waals surface area contributed by atoms with Gasteiger partial charge < -0.3 is 4.43 Å². The topological polar surface area (TPSA) is 46.6 Å². The number of nitrogens with zero attached hydrogens (tertiary/aromatic N) is 1.